The molecule has 1 aliphatic rings. The molecule has 10 heteroatoms. The van der Waals surface area contributed by atoms with Crippen LogP contribution in [-0.4, -0.2) is 65.2 Å². The monoisotopic (exact) mass is 461 g/mol. The first-order valence-corrected chi connectivity index (χ1v) is 10.9. The number of aromatic nitrogens is 3. The van der Waals surface area contributed by atoms with Crippen LogP contribution in [0, 0.1) is 6.92 Å². The van der Waals surface area contributed by atoms with Gasteiger partial charge in [0.05, 0.1) is 18.9 Å². The zero-order valence-electron chi connectivity index (χ0n) is 18.3. The number of ether oxygens (including phenoxy) is 1. The topological polar surface area (TPSA) is 83.1 Å². The number of hydrogen-bond acceptors (Lipinski definition) is 5. The van der Waals surface area contributed by atoms with Crippen molar-refractivity contribution in [1.29, 1.82) is 0 Å². The van der Waals surface area contributed by atoms with E-state index in [1.165, 1.54) is 26.0 Å². The van der Waals surface area contributed by atoms with Gasteiger partial charge in [-0.25, -0.2) is 9.97 Å². The molecule has 0 saturated carbocycles. The summed E-state index contributed by atoms with van der Waals surface area (Å²) in [6.07, 6.45) is 0.169. The molecule has 1 aromatic carbocycles. The van der Waals surface area contributed by atoms with Gasteiger partial charge in [-0.15, -0.1) is 0 Å². The van der Waals surface area contributed by atoms with E-state index in [9.17, 15) is 18.0 Å². The lowest BCUT2D eigenvalue weighted by molar-refractivity contribution is -0.137. The maximum Gasteiger partial charge on any atom is 0.419 e. The van der Waals surface area contributed by atoms with Crippen LogP contribution in [0.3, 0.4) is 0 Å². The van der Waals surface area contributed by atoms with E-state index in [1.54, 1.807) is 18.2 Å². The second-order valence-corrected chi connectivity index (χ2v) is 8.06. The fourth-order valence-corrected chi connectivity index (χ4v) is 3.99. The second kappa shape index (κ2) is 9.88. The van der Waals surface area contributed by atoms with Crippen LogP contribution in [-0.2, 0) is 10.9 Å². The molecule has 0 spiro atoms. The Bertz CT molecular complexity index is 1120. The van der Waals surface area contributed by atoms with Crippen molar-refractivity contribution in [2.75, 3.05) is 39.4 Å². The molecule has 0 bridgehead atoms. The molecule has 0 aliphatic carbocycles. The van der Waals surface area contributed by atoms with Gasteiger partial charge in [0.1, 0.15) is 11.4 Å². The summed E-state index contributed by atoms with van der Waals surface area (Å²) < 4.78 is 46.0. The number of likely N-dealkylation sites (tertiary alicyclic amines) is 1. The van der Waals surface area contributed by atoms with Crippen molar-refractivity contribution in [1.82, 2.24) is 25.2 Å². The molecular weight excluding hydrogens is 435 g/mol. The number of carbonyl (C=O) groups excluding carboxylic acids is 1. The first-order valence-electron chi connectivity index (χ1n) is 10.9. The molecule has 0 atom stereocenters. The van der Waals surface area contributed by atoms with Crippen LogP contribution >= 0.6 is 0 Å². The van der Waals surface area contributed by atoms with Crippen molar-refractivity contribution in [2.45, 2.75) is 25.9 Å². The largest absolute Gasteiger partial charge is 0.419 e. The number of halogens is 3. The highest BCUT2D eigenvalue weighted by Gasteiger charge is 2.35. The van der Waals surface area contributed by atoms with Gasteiger partial charge in [-0.05, 0) is 45.0 Å². The van der Waals surface area contributed by atoms with E-state index >= 15 is 0 Å². The van der Waals surface area contributed by atoms with Gasteiger partial charge in [0.15, 0.2) is 0 Å². The fraction of sp³-hybridized carbons (Fsp3) is 0.435. The fourth-order valence-electron chi connectivity index (χ4n) is 3.99. The molecule has 3 aromatic rings. The van der Waals surface area contributed by atoms with Crippen LogP contribution in [0.15, 0.2) is 30.6 Å². The highest BCUT2D eigenvalue weighted by Crippen LogP contribution is 2.38. The van der Waals surface area contributed by atoms with Crippen molar-refractivity contribution in [3.05, 3.63) is 47.5 Å². The zero-order chi connectivity index (χ0) is 23.4. The van der Waals surface area contributed by atoms with Crippen molar-refractivity contribution in [2.24, 2.45) is 0 Å². The first-order chi connectivity index (χ1) is 15.8. The van der Waals surface area contributed by atoms with Crippen LogP contribution in [0.1, 0.15) is 34.6 Å². The number of carbonyl (C=O) groups is 1. The predicted octanol–water partition coefficient (Wildman–Crippen LogP) is 3.79. The van der Waals surface area contributed by atoms with E-state index in [1.807, 2.05) is 0 Å². The van der Waals surface area contributed by atoms with E-state index in [0.29, 0.717) is 41.8 Å². The van der Waals surface area contributed by atoms with Crippen LogP contribution in [0.25, 0.3) is 22.2 Å². The smallest absolute Gasteiger partial charge is 0.378 e. The predicted molar refractivity (Wildman–Crippen MR) is 118 cm³/mol. The van der Waals surface area contributed by atoms with E-state index in [2.05, 4.69) is 25.2 Å². The Labute approximate surface area is 189 Å². The van der Waals surface area contributed by atoms with Gasteiger partial charge in [-0.3, -0.25) is 4.79 Å². The van der Waals surface area contributed by atoms with Crippen molar-refractivity contribution in [3.8, 4) is 11.3 Å². The van der Waals surface area contributed by atoms with Gasteiger partial charge < -0.3 is 19.9 Å². The van der Waals surface area contributed by atoms with Crippen molar-refractivity contribution in [3.63, 3.8) is 0 Å². The summed E-state index contributed by atoms with van der Waals surface area (Å²) in [7, 11) is 0. The maximum atomic E-state index is 13.5. The van der Waals surface area contributed by atoms with E-state index < -0.39 is 11.7 Å². The van der Waals surface area contributed by atoms with E-state index in [-0.39, 0.29) is 17.4 Å². The molecule has 1 amide bonds. The number of hydrogen-bond donors (Lipinski definition) is 2. The summed E-state index contributed by atoms with van der Waals surface area (Å²) in [4.78, 5) is 25.5. The molecule has 3 heterocycles. The lowest BCUT2D eigenvalue weighted by Crippen LogP contribution is -2.29. The lowest BCUT2D eigenvalue weighted by Gasteiger charge is -2.14. The number of fused-ring (bicyclic) bond motifs is 1. The van der Waals surface area contributed by atoms with Gasteiger partial charge >= 0.3 is 6.18 Å². The molecule has 7 nitrogen and oxygen atoms in total. The zero-order valence-corrected chi connectivity index (χ0v) is 18.3. The number of alkyl halides is 3. The number of H-pyrrole nitrogens is 1. The number of benzene rings is 1. The number of amides is 1. The van der Waals surface area contributed by atoms with Crippen LogP contribution in [0.4, 0.5) is 13.2 Å². The number of nitrogens with one attached hydrogen (secondary N) is 2. The third-order valence-electron chi connectivity index (χ3n) is 5.70. The Morgan fingerprint density at radius 2 is 2.03 bits per heavy atom. The van der Waals surface area contributed by atoms with Gasteiger partial charge in [0.2, 0.25) is 0 Å². The molecule has 4 rings (SSSR count). The molecule has 0 unspecified atom stereocenters. The van der Waals surface area contributed by atoms with Gasteiger partial charge in [-0.2, -0.15) is 13.2 Å². The quantitative estimate of drug-likeness (QED) is 0.499. The van der Waals surface area contributed by atoms with Crippen molar-refractivity contribution >= 4 is 16.8 Å². The molecule has 2 aromatic heterocycles. The minimum absolute atomic E-state index is 0.190. The molecule has 0 radical (unpaired) electrons. The molecule has 1 aliphatic heterocycles. The summed E-state index contributed by atoms with van der Waals surface area (Å²) in [6.45, 7) is 6.12. The summed E-state index contributed by atoms with van der Waals surface area (Å²) in [5, 5.41) is 3.35. The molecule has 1 saturated heterocycles. The van der Waals surface area contributed by atoms with Gasteiger partial charge in [0.25, 0.3) is 5.91 Å². The lowest BCUT2D eigenvalue weighted by atomic mass is 10.0. The molecule has 2 N–H and O–H groups in total. The van der Waals surface area contributed by atoms with Gasteiger partial charge in [-0.1, -0.05) is 6.07 Å². The highest BCUT2D eigenvalue weighted by atomic mass is 19.4. The summed E-state index contributed by atoms with van der Waals surface area (Å²) in [6, 6.07) is 4.83. The van der Waals surface area contributed by atoms with Crippen LogP contribution in [0.5, 0.6) is 0 Å². The Morgan fingerprint density at radius 3 is 2.79 bits per heavy atom. The SMILES string of the molecule is Cc1ncc(C(F)(F)F)c(-c2c[nH]c3cc(C(=O)NCCOCCN4CCCC4)ccc23)n1. The molecule has 33 heavy (non-hydrogen) atoms. The van der Waals surface area contributed by atoms with Crippen LogP contribution < -0.4 is 5.32 Å². The number of aromatic amines is 1. The average molecular weight is 461 g/mol. The Balaban J connectivity index is 1.40. The van der Waals surface area contributed by atoms with E-state index in [0.717, 1.165) is 25.8 Å². The third kappa shape index (κ3) is 5.51. The molecule has 1 fully saturated rings. The Morgan fingerprint density at radius 1 is 1.24 bits per heavy atom. The standard InChI is InChI=1S/C23H26F3N5O2/c1-15-28-14-19(23(24,25)26)21(30-15)18-13-29-20-12-16(4-5-17(18)20)22(32)27-6-10-33-11-9-31-7-2-3-8-31/h4-5,12-14,29H,2-3,6-11H2,1H3,(H,27,32). The highest BCUT2D eigenvalue weighted by molar-refractivity contribution is 6.01. The summed E-state index contributed by atoms with van der Waals surface area (Å²) >= 11 is 0. The third-order valence-corrected chi connectivity index (χ3v) is 5.70. The Hall–Kier alpha value is -2.98. The van der Waals surface area contributed by atoms with Crippen LogP contribution in [0.2, 0.25) is 0 Å². The first kappa shape index (κ1) is 23.2. The average Bonchev–Trinajstić information content (AvgIpc) is 3.44. The maximum absolute atomic E-state index is 13.5. The Kier molecular flexibility index (Phi) is 6.94. The number of nitrogens with zero attached hydrogens (tertiary/aromatic N) is 3. The summed E-state index contributed by atoms with van der Waals surface area (Å²) in [5.74, 6) is -0.0314. The van der Waals surface area contributed by atoms with Crippen molar-refractivity contribution < 1.29 is 22.7 Å². The summed E-state index contributed by atoms with van der Waals surface area (Å²) in [5.41, 5.74) is 0.165. The second-order valence-electron chi connectivity index (χ2n) is 8.06. The minimum atomic E-state index is -4.58. The van der Waals surface area contributed by atoms with Gasteiger partial charge in [0, 0.05) is 47.5 Å². The number of aryl methyl sites for hydroxylation is 1. The molecular formula is C23H26F3N5O2. The van der Waals surface area contributed by atoms with E-state index in [4.69, 9.17) is 4.74 Å². The minimum Gasteiger partial charge on any atom is -0.378 e. The number of rotatable bonds is 8. The normalized spacial score (nSPS) is 14.8. The molecule has 176 valence electrons.